The first-order valence-corrected chi connectivity index (χ1v) is 8.08. The van der Waals surface area contributed by atoms with Gasteiger partial charge in [0.05, 0.1) is 10.2 Å². The van der Waals surface area contributed by atoms with E-state index in [1.54, 1.807) is 0 Å². The highest BCUT2D eigenvalue weighted by Crippen LogP contribution is 2.29. The van der Waals surface area contributed by atoms with E-state index in [0.717, 1.165) is 39.0 Å². The lowest BCUT2D eigenvalue weighted by Crippen LogP contribution is -2.44. The van der Waals surface area contributed by atoms with E-state index in [1.165, 1.54) is 25.0 Å². The smallest absolute Gasteiger partial charge is 0.147 e. The quantitative estimate of drug-likeness (QED) is 0.715. The second kappa shape index (κ2) is 5.98. The van der Waals surface area contributed by atoms with Gasteiger partial charge in [0, 0.05) is 31.7 Å². The number of hydrogen-bond donors (Lipinski definition) is 0. The summed E-state index contributed by atoms with van der Waals surface area (Å²) in [5.74, 6) is -0.742. The van der Waals surface area contributed by atoms with Gasteiger partial charge < -0.3 is 4.90 Å². The first-order chi connectivity index (χ1) is 9.65. The maximum atomic E-state index is 14.1. The van der Waals surface area contributed by atoms with Crippen molar-refractivity contribution in [1.82, 2.24) is 4.90 Å². The average Bonchev–Trinajstić information content (AvgIpc) is 2.65. The summed E-state index contributed by atoms with van der Waals surface area (Å²) < 4.78 is 28.0. The van der Waals surface area contributed by atoms with Gasteiger partial charge in [0.2, 0.25) is 0 Å². The highest BCUT2D eigenvalue weighted by atomic mass is 79.9. The lowest BCUT2D eigenvalue weighted by atomic mass is 10.0. The second-order valence-electron chi connectivity index (χ2n) is 5.70. The molecule has 1 aromatic rings. The molecule has 5 heteroatoms. The summed E-state index contributed by atoms with van der Waals surface area (Å²) in [5.41, 5.74) is 0.401. The molecule has 0 aromatic heterocycles. The molecule has 110 valence electrons. The van der Waals surface area contributed by atoms with Crippen LogP contribution in [0.2, 0.25) is 0 Å². The molecule has 0 radical (unpaired) electrons. The fourth-order valence-corrected chi connectivity index (χ4v) is 3.66. The Hall–Kier alpha value is -0.680. The van der Waals surface area contributed by atoms with E-state index in [9.17, 15) is 8.78 Å². The van der Waals surface area contributed by atoms with Crippen LogP contribution in [0.25, 0.3) is 0 Å². The highest BCUT2D eigenvalue weighted by molar-refractivity contribution is 9.10. The molecular weight excluding hydrogens is 326 g/mol. The van der Waals surface area contributed by atoms with Gasteiger partial charge in [-0.15, -0.1) is 0 Å². The van der Waals surface area contributed by atoms with Crippen LogP contribution in [0.5, 0.6) is 0 Å². The molecule has 0 aliphatic carbocycles. The van der Waals surface area contributed by atoms with Crippen molar-refractivity contribution in [3.05, 3.63) is 28.2 Å². The Labute approximate surface area is 126 Å². The molecule has 0 amide bonds. The van der Waals surface area contributed by atoms with E-state index >= 15 is 0 Å². The number of nitrogens with zero attached hydrogens (tertiary/aromatic N) is 2. The van der Waals surface area contributed by atoms with Crippen molar-refractivity contribution in [3.63, 3.8) is 0 Å². The molecule has 1 atom stereocenters. The molecular formula is C15H19BrF2N2. The van der Waals surface area contributed by atoms with Gasteiger partial charge in [0.1, 0.15) is 11.6 Å². The molecule has 0 spiro atoms. The van der Waals surface area contributed by atoms with Gasteiger partial charge in [-0.05, 0) is 47.8 Å². The van der Waals surface area contributed by atoms with Gasteiger partial charge in [0.15, 0.2) is 0 Å². The van der Waals surface area contributed by atoms with Crippen LogP contribution in [0.1, 0.15) is 25.7 Å². The Morgan fingerprint density at radius 3 is 2.65 bits per heavy atom. The molecule has 0 saturated carbocycles. The second-order valence-corrected chi connectivity index (χ2v) is 6.56. The molecule has 2 nitrogen and oxygen atoms in total. The molecule has 0 bridgehead atoms. The van der Waals surface area contributed by atoms with Gasteiger partial charge in [-0.2, -0.15) is 0 Å². The van der Waals surface area contributed by atoms with E-state index in [1.807, 2.05) is 4.90 Å². The van der Waals surface area contributed by atoms with Crippen LogP contribution in [0.3, 0.4) is 0 Å². The van der Waals surface area contributed by atoms with E-state index in [4.69, 9.17) is 0 Å². The van der Waals surface area contributed by atoms with Crippen LogP contribution >= 0.6 is 15.9 Å². The minimum Gasteiger partial charge on any atom is -0.367 e. The van der Waals surface area contributed by atoms with Crippen molar-refractivity contribution >= 4 is 21.6 Å². The first-order valence-electron chi connectivity index (χ1n) is 7.28. The van der Waals surface area contributed by atoms with Crippen LogP contribution in [0.15, 0.2) is 16.6 Å². The molecule has 1 aromatic carbocycles. The van der Waals surface area contributed by atoms with Gasteiger partial charge >= 0.3 is 0 Å². The zero-order valence-electron chi connectivity index (χ0n) is 11.4. The van der Waals surface area contributed by atoms with Crippen molar-refractivity contribution in [1.29, 1.82) is 0 Å². The minimum atomic E-state index is -0.397. The average molecular weight is 345 g/mol. The molecule has 2 heterocycles. The number of halogens is 3. The predicted octanol–water partition coefficient (Wildman–Crippen LogP) is 3.79. The van der Waals surface area contributed by atoms with E-state index < -0.39 is 5.82 Å². The molecule has 2 saturated heterocycles. The van der Waals surface area contributed by atoms with Crippen molar-refractivity contribution in [2.45, 2.75) is 31.7 Å². The van der Waals surface area contributed by atoms with Crippen molar-refractivity contribution in [3.8, 4) is 0 Å². The molecule has 20 heavy (non-hydrogen) atoms. The minimum absolute atomic E-state index is 0.188. The van der Waals surface area contributed by atoms with Crippen molar-refractivity contribution in [2.24, 2.45) is 0 Å². The molecule has 0 N–H and O–H groups in total. The number of anilines is 1. The molecule has 2 aliphatic heterocycles. The van der Waals surface area contributed by atoms with E-state index in [0.29, 0.717) is 11.7 Å². The van der Waals surface area contributed by atoms with Crippen molar-refractivity contribution in [2.75, 3.05) is 31.1 Å². The van der Waals surface area contributed by atoms with E-state index in [2.05, 4.69) is 20.8 Å². The van der Waals surface area contributed by atoms with Crippen LogP contribution in [0, 0.1) is 11.6 Å². The lowest BCUT2D eigenvalue weighted by molar-refractivity contribution is 0.162. The number of rotatable bonds is 1. The van der Waals surface area contributed by atoms with Crippen molar-refractivity contribution < 1.29 is 8.78 Å². The third kappa shape index (κ3) is 2.84. The number of hydrogen-bond acceptors (Lipinski definition) is 2. The Balaban J connectivity index is 1.84. The largest absolute Gasteiger partial charge is 0.367 e. The van der Waals surface area contributed by atoms with Crippen LogP contribution in [0.4, 0.5) is 14.5 Å². The summed E-state index contributed by atoms with van der Waals surface area (Å²) in [6.45, 7) is 3.82. The summed E-state index contributed by atoms with van der Waals surface area (Å²) >= 11 is 3.03. The summed E-state index contributed by atoms with van der Waals surface area (Å²) in [6, 6.07) is 3.03. The van der Waals surface area contributed by atoms with Gasteiger partial charge in [0.25, 0.3) is 0 Å². The monoisotopic (exact) mass is 344 g/mol. The number of fused-ring (bicyclic) bond motifs is 1. The van der Waals surface area contributed by atoms with Crippen LogP contribution < -0.4 is 4.90 Å². The Morgan fingerprint density at radius 2 is 1.80 bits per heavy atom. The fraction of sp³-hybridized carbons (Fsp3) is 0.600. The lowest BCUT2D eigenvalue weighted by Gasteiger charge is -2.36. The van der Waals surface area contributed by atoms with Crippen LogP contribution in [-0.4, -0.2) is 37.1 Å². The molecule has 1 unspecified atom stereocenters. The number of benzene rings is 1. The molecule has 2 fully saturated rings. The fourth-order valence-electron chi connectivity index (χ4n) is 3.34. The highest BCUT2D eigenvalue weighted by Gasteiger charge is 2.28. The summed E-state index contributed by atoms with van der Waals surface area (Å²) in [7, 11) is 0. The topological polar surface area (TPSA) is 6.48 Å². The summed E-state index contributed by atoms with van der Waals surface area (Å²) in [5, 5.41) is 0. The zero-order chi connectivity index (χ0) is 14.1. The summed E-state index contributed by atoms with van der Waals surface area (Å²) in [4.78, 5) is 4.53. The number of piperidine rings is 1. The molecule has 2 aliphatic rings. The maximum Gasteiger partial charge on any atom is 0.147 e. The third-order valence-corrected chi connectivity index (χ3v) is 4.99. The summed E-state index contributed by atoms with van der Waals surface area (Å²) in [6.07, 6.45) is 4.68. The Morgan fingerprint density at radius 1 is 1.00 bits per heavy atom. The van der Waals surface area contributed by atoms with Gasteiger partial charge in [-0.25, -0.2) is 8.78 Å². The Bertz CT molecular complexity index is 495. The molecule has 3 rings (SSSR count). The maximum absolute atomic E-state index is 14.1. The SMILES string of the molecule is Fc1cc(N2CCCN3CCCCC3C2)c(F)cc1Br. The van der Waals surface area contributed by atoms with Crippen LogP contribution in [-0.2, 0) is 0 Å². The third-order valence-electron chi connectivity index (χ3n) is 4.38. The standard InChI is InChI=1S/C15H19BrF2N2/c16-12-8-14(18)15(9-13(12)17)20-7-3-6-19-5-2-1-4-11(19)10-20/h8-9,11H,1-7,10H2. The van der Waals surface area contributed by atoms with E-state index in [-0.39, 0.29) is 10.3 Å². The van der Waals surface area contributed by atoms with Gasteiger partial charge in [-0.3, -0.25) is 4.90 Å². The van der Waals surface area contributed by atoms with Gasteiger partial charge in [-0.1, -0.05) is 6.42 Å². The Kier molecular flexibility index (Phi) is 4.26. The predicted molar refractivity (Wildman–Crippen MR) is 80.1 cm³/mol. The first kappa shape index (κ1) is 14.3. The normalized spacial score (nSPS) is 24.4. The zero-order valence-corrected chi connectivity index (χ0v) is 13.0.